The van der Waals surface area contributed by atoms with Gasteiger partial charge in [0.2, 0.25) is 11.8 Å². The number of benzene rings is 2. The Kier molecular flexibility index (Phi) is 8.68. The molecule has 2 aromatic carbocycles. The van der Waals surface area contributed by atoms with Gasteiger partial charge in [0.25, 0.3) is 0 Å². The van der Waals surface area contributed by atoms with E-state index in [1.807, 2.05) is 0 Å². The van der Waals surface area contributed by atoms with Crippen molar-refractivity contribution in [3.05, 3.63) is 71.5 Å². The fourth-order valence-corrected chi connectivity index (χ4v) is 2.77. The van der Waals surface area contributed by atoms with Crippen LogP contribution in [0.25, 0.3) is 0 Å². The second-order valence-corrected chi connectivity index (χ2v) is 6.80. The first kappa shape index (κ1) is 23.5. The van der Waals surface area contributed by atoms with Crippen LogP contribution in [-0.4, -0.2) is 40.9 Å². The molecule has 0 aromatic heterocycles. The van der Waals surface area contributed by atoms with Gasteiger partial charge in [-0.15, -0.1) is 0 Å². The maximum absolute atomic E-state index is 13.9. The molecule has 2 amide bonds. The number of esters is 1. The molecule has 0 saturated heterocycles. The predicted octanol–water partition coefficient (Wildman–Crippen LogP) is 1.58. The van der Waals surface area contributed by atoms with Gasteiger partial charge in [-0.05, 0) is 17.2 Å². The third-order valence-electron chi connectivity index (χ3n) is 4.30. The monoisotopic (exact) mass is 430 g/mol. The van der Waals surface area contributed by atoms with Gasteiger partial charge in [-0.25, -0.2) is 9.18 Å². The van der Waals surface area contributed by atoms with E-state index in [4.69, 9.17) is 4.74 Å². The average Bonchev–Trinajstić information content (AvgIpc) is 2.73. The second-order valence-electron chi connectivity index (χ2n) is 6.80. The fourth-order valence-electron chi connectivity index (χ4n) is 2.77. The number of nitrogens with one attached hydrogen (secondary N) is 2. The minimum atomic E-state index is -1.58. The third-order valence-corrected chi connectivity index (χ3v) is 4.30. The molecule has 0 bridgehead atoms. The summed E-state index contributed by atoms with van der Waals surface area (Å²) in [5.41, 5.74) is 0.896. The van der Waals surface area contributed by atoms with Crippen molar-refractivity contribution in [3.63, 3.8) is 0 Å². The van der Waals surface area contributed by atoms with Crippen molar-refractivity contribution in [1.82, 2.24) is 10.6 Å². The van der Waals surface area contributed by atoms with Crippen molar-refractivity contribution in [1.29, 1.82) is 0 Å². The molecule has 0 fully saturated rings. The molecule has 2 aromatic rings. The lowest BCUT2D eigenvalue weighted by molar-refractivity contribution is -0.151. The maximum Gasteiger partial charge on any atom is 0.326 e. The van der Waals surface area contributed by atoms with Gasteiger partial charge < -0.3 is 20.5 Å². The summed E-state index contributed by atoms with van der Waals surface area (Å²) >= 11 is 0. The second kappa shape index (κ2) is 11.4. The van der Waals surface area contributed by atoms with Gasteiger partial charge in [-0.1, -0.05) is 48.5 Å². The van der Waals surface area contributed by atoms with Crippen LogP contribution in [0.4, 0.5) is 4.39 Å². The topological polar surface area (TPSA) is 122 Å². The molecule has 164 valence electrons. The lowest BCUT2D eigenvalue weighted by Crippen LogP contribution is -2.52. The van der Waals surface area contributed by atoms with E-state index in [1.54, 1.807) is 36.4 Å². The van der Waals surface area contributed by atoms with Crippen molar-refractivity contribution in [2.75, 3.05) is 0 Å². The number of carbonyl (C=O) groups excluding carboxylic acids is 3. The number of carbonyl (C=O) groups is 4. The molecule has 0 unspecified atom stereocenters. The normalized spacial score (nSPS) is 12.3. The van der Waals surface area contributed by atoms with E-state index in [9.17, 15) is 28.7 Å². The van der Waals surface area contributed by atoms with Crippen LogP contribution >= 0.6 is 0 Å². The Bertz CT molecular complexity index is 935. The Hall–Kier alpha value is -3.75. The Morgan fingerprint density at radius 2 is 1.61 bits per heavy atom. The Morgan fingerprint density at radius 3 is 2.23 bits per heavy atom. The zero-order chi connectivity index (χ0) is 22.8. The van der Waals surface area contributed by atoms with E-state index in [1.165, 1.54) is 25.1 Å². The van der Waals surface area contributed by atoms with E-state index >= 15 is 0 Å². The first-order valence-corrected chi connectivity index (χ1v) is 9.49. The van der Waals surface area contributed by atoms with E-state index < -0.39 is 48.1 Å². The maximum atomic E-state index is 13.9. The molecule has 2 rings (SSSR count). The highest BCUT2D eigenvalue weighted by molar-refractivity contribution is 5.91. The molecular weight excluding hydrogens is 407 g/mol. The number of rotatable bonds is 10. The summed E-state index contributed by atoms with van der Waals surface area (Å²) in [7, 11) is 0. The molecule has 0 saturated carbocycles. The summed E-state index contributed by atoms with van der Waals surface area (Å²) in [6.07, 6.45) is -0.802. The van der Waals surface area contributed by atoms with Crippen molar-refractivity contribution in [2.45, 2.75) is 38.5 Å². The van der Waals surface area contributed by atoms with E-state index in [2.05, 4.69) is 10.6 Å². The Morgan fingerprint density at radius 1 is 0.968 bits per heavy atom. The summed E-state index contributed by atoms with van der Waals surface area (Å²) < 4.78 is 19.0. The van der Waals surface area contributed by atoms with Gasteiger partial charge in [0.1, 0.15) is 24.5 Å². The average molecular weight is 430 g/mol. The first-order valence-electron chi connectivity index (χ1n) is 9.49. The predicted molar refractivity (Wildman–Crippen MR) is 108 cm³/mol. The number of carboxylic acid groups (broad SMARTS) is 1. The summed E-state index contributed by atoms with van der Waals surface area (Å²) in [6.45, 7) is 1.14. The van der Waals surface area contributed by atoms with Crippen LogP contribution < -0.4 is 10.6 Å². The lowest BCUT2D eigenvalue weighted by atomic mass is 10.0. The number of aliphatic carboxylic acids is 1. The third kappa shape index (κ3) is 7.88. The van der Waals surface area contributed by atoms with Gasteiger partial charge in [0.15, 0.2) is 0 Å². The van der Waals surface area contributed by atoms with Crippen LogP contribution in [-0.2, 0) is 36.9 Å². The van der Waals surface area contributed by atoms with Crippen LogP contribution in [0, 0.1) is 5.82 Å². The lowest BCUT2D eigenvalue weighted by Gasteiger charge is -2.21. The Balaban J connectivity index is 2.01. The van der Waals surface area contributed by atoms with Crippen LogP contribution in [0.15, 0.2) is 54.6 Å². The molecule has 0 aliphatic rings. The number of hydrogen-bond acceptors (Lipinski definition) is 5. The number of ether oxygens (including phenoxy) is 1. The smallest absolute Gasteiger partial charge is 0.326 e. The first-order chi connectivity index (χ1) is 14.8. The number of halogens is 1. The zero-order valence-electron chi connectivity index (χ0n) is 16.8. The summed E-state index contributed by atoms with van der Waals surface area (Å²) in [5.74, 6) is -4.24. The summed E-state index contributed by atoms with van der Waals surface area (Å²) in [5, 5.41) is 14.0. The molecule has 0 radical (unpaired) electrons. The van der Waals surface area contributed by atoms with Crippen LogP contribution in [0.3, 0.4) is 0 Å². The molecule has 0 heterocycles. The molecule has 3 N–H and O–H groups in total. The van der Waals surface area contributed by atoms with E-state index in [-0.39, 0.29) is 18.6 Å². The van der Waals surface area contributed by atoms with Crippen molar-refractivity contribution >= 4 is 23.8 Å². The highest BCUT2D eigenvalue weighted by Crippen LogP contribution is 2.10. The quantitative estimate of drug-likeness (QED) is 0.492. The fraction of sp³-hybridized carbons (Fsp3) is 0.273. The van der Waals surface area contributed by atoms with E-state index in [0.717, 1.165) is 5.56 Å². The van der Waals surface area contributed by atoms with Gasteiger partial charge in [0.05, 0.1) is 6.42 Å². The molecule has 0 aliphatic carbocycles. The minimum absolute atomic E-state index is 0.0399. The van der Waals surface area contributed by atoms with Crippen molar-refractivity contribution in [3.8, 4) is 0 Å². The molecule has 0 spiro atoms. The summed E-state index contributed by atoms with van der Waals surface area (Å²) in [4.78, 5) is 47.7. The molecule has 8 nitrogen and oxygen atoms in total. The van der Waals surface area contributed by atoms with E-state index in [0.29, 0.717) is 0 Å². The summed E-state index contributed by atoms with van der Waals surface area (Å²) in [6, 6.07) is 11.7. The van der Waals surface area contributed by atoms with Crippen LogP contribution in [0.1, 0.15) is 24.5 Å². The molecule has 31 heavy (non-hydrogen) atoms. The SMILES string of the molecule is CC(=O)N[C@H](Cc1ccccc1F)C(=O)N[C@H](CC(=O)OCc1ccccc1)C(=O)O. The van der Waals surface area contributed by atoms with Gasteiger partial charge in [0, 0.05) is 13.3 Å². The van der Waals surface area contributed by atoms with Gasteiger partial charge in [-0.3, -0.25) is 14.4 Å². The Labute approximate surface area is 178 Å². The van der Waals surface area contributed by atoms with Gasteiger partial charge in [-0.2, -0.15) is 0 Å². The molecular formula is C22H23FN2O6. The minimum Gasteiger partial charge on any atom is -0.480 e. The molecule has 9 heteroatoms. The highest BCUT2D eigenvalue weighted by atomic mass is 19.1. The highest BCUT2D eigenvalue weighted by Gasteiger charge is 2.29. The van der Waals surface area contributed by atoms with Gasteiger partial charge >= 0.3 is 11.9 Å². The number of hydrogen-bond donors (Lipinski definition) is 3. The largest absolute Gasteiger partial charge is 0.480 e. The number of amides is 2. The zero-order valence-corrected chi connectivity index (χ0v) is 16.8. The number of carboxylic acids is 1. The molecule has 0 aliphatic heterocycles. The van der Waals surface area contributed by atoms with Crippen molar-refractivity contribution in [2.24, 2.45) is 0 Å². The van der Waals surface area contributed by atoms with Crippen LogP contribution in [0.2, 0.25) is 0 Å². The standard InChI is InChI=1S/C22H23FN2O6/c1-14(26)24-18(11-16-9-5-6-10-17(16)23)21(28)25-19(22(29)30)12-20(27)31-13-15-7-3-2-4-8-15/h2-10,18-19H,11-13H2,1H3,(H,24,26)(H,25,28)(H,29,30)/t18-,19-/m1/s1. The van der Waals surface area contributed by atoms with Crippen LogP contribution in [0.5, 0.6) is 0 Å². The molecule has 2 atom stereocenters. The van der Waals surface area contributed by atoms with Crippen molar-refractivity contribution < 1.29 is 33.4 Å².